The highest BCUT2D eigenvalue weighted by Crippen LogP contribution is 2.39. The van der Waals surface area contributed by atoms with Gasteiger partial charge in [0.1, 0.15) is 11.5 Å². The molecule has 0 bridgehead atoms. The molecule has 4 aliphatic carbocycles. The van der Waals surface area contributed by atoms with Crippen LogP contribution in [-0.2, 0) is 25.7 Å². The first kappa shape index (κ1) is 37.5. The summed E-state index contributed by atoms with van der Waals surface area (Å²) in [7, 11) is 0. The van der Waals surface area contributed by atoms with Crippen molar-refractivity contribution in [2.24, 2.45) is 0 Å². The quantitative estimate of drug-likeness (QED) is 0.160. The third-order valence-electron chi connectivity index (χ3n) is 11.8. The first-order chi connectivity index (χ1) is 28.2. The second-order valence-corrected chi connectivity index (χ2v) is 16.3. The number of aromatic nitrogens is 8. The van der Waals surface area contributed by atoms with Crippen LogP contribution < -0.4 is 20.6 Å². The summed E-state index contributed by atoms with van der Waals surface area (Å²) < 4.78 is 14.8. The SMILES string of the molecule is Cc1cnc(-n2ncc3c(c2=O)CCC(c2cccc(OC4CC4)c2C)C3)nc1.Cc1cnc(-n2ncc3c(c2=O)CCC(c2cccc(OC4CC4)c2C)C3)nc1. The molecule has 2 aromatic carbocycles. The van der Waals surface area contributed by atoms with E-state index in [9.17, 15) is 9.59 Å². The normalized spacial score (nSPS) is 18.3. The van der Waals surface area contributed by atoms with Crippen molar-refractivity contribution in [3.05, 3.63) is 150 Å². The van der Waals surface area contributed by atoms with E-state index >= 15 is 0 Å². The van der Waals surface area contributed by atoms with E-state index in [4.69, 9.17) is 9.47 Å². The van der Waals surface area contributed by atoms with Crippen LogP contribution in [0.2, 0.25) is 0 Å². The van der Waals surface area contributed by atoms with Gasteiger partial charge in [-0.3, -0.25) is 9.59 Å². The lowest BCUT2D eigenvalue weighted by molar-refractivity contribution is 0.300. The van der Waals surface area contributed by atoms with Crippen molar-refractivity contribution in [3.8, 4) is 23.4 Å². The van der Waals surface area contributed by atoms with Crippen LogP contribution >= 0.6 is 0 Å². The number of hydrogen-bond acceptors (Lipinski definition) is 10. The molecule has 10 rings (SSSR count). The van der Waals surface area contributed by atoms with Gasteiger partial charge in [0.15, 0.2) is 0 Å². The van der Waals surface area contributed by atoms with Gasteiger partial charge in [-0.1, -0.05) is 24.3 Å². The summed E-state index contributed by atoms with van der Waals surface area (Å²) in [5.41, 5.74) is 10.5. The third-order valence-corrected chi connectivity index (χ3v) is 11.8. The molecule has 0 N–H and O–H groups in total. The Morgan fingerprint density at radius 3 is 1.31 bits per heavy atom. The summed E-state index contributed by atoms with van der Waals surface area (Å²) in [5.74, 6) is 3.40. The Morgan fingerprint density at radius 1 is 0.534 bits per heavy atom. The van der Waals surface area contributed by atoms with E-state index in [1.165, 1.54) is 31.6 Å². The molecule has 296 valence electrons. The molecule has 0 spiro atoms. The van der Waals surface area contributed by atoms with Crippen molar-refractivity contribution in [3.63, 3.8) is 0 Å². The predicted molar refractivity (Wildman–Crippen MR) is 220 cm³/mol. The van der Waals surface area contributed by atoms with Gasteiger partial charge in [-0.15, -0.1) is 0 Å². The van der Waals surface area contributed by atoms with Crippen LogP contribution in [0, 0.1) is 27.7 Å². The van der Waals surface area contributed by atoms with Crippen LogP contribution in [-0.4, -0.2) is 51.7 Å². The Hall–Kier alpha value is -6.04. The molecule has 4 aromatic heterocycles. The highest BCUT2D eigenvalue weighted by Gasteiger charge is 2.30. The second-order valence-electron chi connectivity index (χ2n) is 16.3. The van der Waals surface area contributed by atoms with E-state index in [1.54, 1.807) is 24.8 Å². The molecule has 58 heavy (non-hydrogen) atoms. The summed E-state index contributed by atoms with van der Waals surface area (Å²) >= 11 is 0. The molecule has 0 saturated heterocycles. The van der Waals surface area contributed by atoms with Crippen molar-refractivity contribution < 1.29 is 9.47 Å². The number of nitrogens with zero attached hydrogens (tertiary/aromatic N) is 8. The fraction of sp³-hybridized carbons (Fsp3) is 0.391. The minimum absolute atomic E-state index is 0.104. The lowest BCUT2D eigenvalue weighted by atomic mass is 9.79. The minimum atomic E-state index is -0.104. The Kier molecular flexibility index (Phi) is 10.2. The summed E-state index contributed by atoms with van der Waals surface area (Å²) in [5, 5.41) is 8.72. The van der Waals surface area contributed by atoms with Crippen LogP contribution in [0.4, 0.5) is 0 Å². The van der Waals surface area contributed by atoms with E-state index in [0.717, 1.165) is 109 Å². The molecule has 2 fully saturated rings. The zero-order valence-corrected chi connectivity index (χ0v) is 33.5. The van der Waals surface area contributed by atoms with Gasteiger partial charge in [-0.2, -0.15) is 19.6 Å². The maximum atomic E-state index is 13.0. The summed E-state index contributed by atoms with van der Waals surface area (Å²) in [6, 6.07) is 12.7. The van der Waals surface area contributed by atoms with Gasteiger partial charge >= 0.3 is 0 Å². The molecular formula is C46H48N8O4. The van der Waals surface area contributed by atoms with Crippen LogP contribution in [0.1, 0.15) is 106 Å². The van der Waals surface area contributed by atoms with Crippen molar-refractivity contribution in [1.82, 2.24) is 39.5 Å². The van der Waals surface area contributed by atoms with Gasteiger partial charge < -0.3 is 9.47 Å². The van der Waals surface area contributed by atoms with E-state index in [1.807, 2.05) is 26.2 Å². The fourth-order valence-electron chi connectivity index (χ4n) is 8.24. The Bertz CT molecular complexity index is 2410. The fourth-order valence-corrected chi connectivity index (χ4v) is 8.24. The largest absolute Gasteiger partial charge is 0.490 e. The average molecular weight is 777 g/mol. The molecule has 0 radical (unpaired) electrons. The lowest BCUT2D eigenvalue weighted by Gasteiger charge is -2.26. The number of benzene rings is 2. The molecule has 2 atom stereocenters. The summed E-state index contributed by atoms with van der Waals surface area (Å²) in [4.78, 5) is 43.0. The molecule has 6 aromatic rings. The number of fused-ring (bicyclic) bond motifs is 2. The number of hydrogen-bond donors (Lipinski definition) is 0. The van der Waals surface area contributed by atoms with Crippen molar-refractivity contribution >= 4 is 0 Å². The first-order valence-electron chi connectivity index (χ1n) is 20.5. The first-order valence-corrected chi connectivity index (χ1v) is 20.5. The Balaban J connectivity index is 0.000000150. The summed E-state index contributed by atoms with van der Waals surface area (Å²) in [6.07, 6.45) is 20.8. The maximum absolute atomic E-state index is 13.0. The van der Waals surface area contributed by atoms with Gasteiger partial charge in [0, 0.05) is 35.9 Å². The van der Waals surface area contributed by atoms with Crippen LogP contribution in [0.3, 0.4) is 0 Å². The number of ether oxygens (including phenoxy) is 2. The second kappa shape index (κ2) is 15.7. The van der Waals surface area contributed by atoms with Gasteiger partial charge in [-0.05, 0) is 160 Å². The highest BCUT2D eigenvalue weighted by atomic mass is 16.5. The van der Waals surface area contributed by atoms with Crippen molar-refractivity contribution in [1.29, 1.82) is 0 Å². The van der Waals surface area contributed by atoms with Gasteiger partial charge in [-0.25, -0.2) is 19.9 Å². The van der Waals surface area contributed by atoms with E-state index in [0.29, 0.717) is 35.9 Å². The topological polar surface area (TPSA) is 140 Å². The van der Waals surface area contributed by atoms with Gasteiger partial charge in [0.25, 0.3) is 23.0 Å². The zero-order valence-electron chi connectivity index (χ0n) is 33.5. The molecule has 2 saturated carbocycles. The maximum Gasteiger partial charge on any atom is 0.277 e. The molecule has 12 heteroatoms. The Morgan fingerprint density at radius 2 is 0.931 bits per heavy atom. The van der Waals surface area contributed by atoms with E-state index in [-0.39, 0.29) is 11.1 Å². The third kappa shape index (κ3) is 7.79. The van der Waals surface area contributed by atoms with Crippen molar-refractivity contribution in [2.45, 2.75) is 116 Å². The van der Waals surface area contributed by atoms with Crippen LogP contribution in [0.15, 0.2) is 83.2 Å². The standard InChI is InChI=1S/2C23H24N4O2/c2*1-14-11-24-23(25-12-14)27-22(28)20-9-6-16(10-17(20)13-26-27)19-4-3-5-21(15(19)2)29-18-7-8-18/h2*3-5,11-13,16,18H,6-10H2,1-2H3. The Labute approximate surface area is 337 Å². The zero-order chi connectivity index (χ0) is 39.9. The molecular weight excluding hydrogens is 729 g/mol. The van der Waals surface area contributed by atoms with E-state index < -0.39 is 0 Å². The van der Waals surface area contributed by atoms with Crippen LogP contribution in [0.5, 0.6) is 11.5 Å². The molecule has 4 heterocycles. The average Bonchev–Trinajstić information content (AvgIpc) is 4.19. The van der Waals surface area contributed by atoms with Crippen LogP contribution in [0.25, 0.3) is 11.9 Å². The molecule has 2 unspecified atom stereocenters. The molecule has 0 aliphatic heterocycles. The predicted octanol–water partition coefficient (Wildman–Crippen LogP) is 6.91. The molecule has 4 aliphatic rings. The monoisotopic (exact) mass is 776 g/mol. The molecule has 0 amide bonds. The van der Waals surface area contributed by atoms with Gasteiger partial charge in [0.05, 0.1) is 24.6 Å². The smallest absolute Gasteiger partial charge is 0.277 e. The van der Waals surface area contributed by atoms with E-state index in [2.05, 4.69) is 80.4 Å². The number of aryl methyl sites for hydroxylation is 2. The summed E-state index contributed by atoms with van der Waals surface area (Å²) in [6.45, 7) is 8.13. The molecule has 12 nitrogen and oxygen atoms in total. The lowest BCUT2D eigenvalue weighted by Crippen LogP contribution is -2.30. The van der Waals surface area contributed by atoms with Gasteiger partial charge in [0.2, 0.25) is 0 Å². The van der Waals surface area contributed by atoms with Crippen molar-refractivity contribution in [2.75, 3.05) is 0 Å². The number of rotatable bonds is 8. The minimum Gasteiger partial charge on any atom is -0.490 e. The highest BCUT2D eigenvalue weighted by molar-refractivity contribution is 5.45.